The van der Waals surface area contributed by atoms with Gasteiger partial charge < -0.3 is 21.0 Å². The third-order valence-electron chi connectivity index (χ3n) is 2.79. The van der Waals surface area contributed by atoms with Crippen LogP contribution in [0.4, 0.5) is 0 Å². The highest BCUT2D eigenvalue weighted by Crippen LogP contribution is 2.02. The van der Waals surface area contributed by atoms with Crippen LogP contribution in [0.5, 0.6) is 0 Å². The summed E-state index contributed by atoms with van der Waals surface area (Å²) in [5.41, 5.74) is 6.30. The molecule has 1 aromatic rings. The van der Waals surface area contributed by atoms with Gasteiger partial charge in [-0.25, -0.2) is 0 Å². The molecule has 0 heterocycles. The third kappa shape index (κ3) is 9.66. The van der Waals surface area contributed by atoms with Crippen molar-refractivity contribution in [1.29, 1.82) is 0 Å². The molecule has 122 valence electrons. The van der Waals surface area contributed by atoms with Gasteiger partial charge in [0.15, 0.2) is 0 Å². The Kier molecular flexibility index (Phi) is 10.3. The summed E-state index contributed by atoms with van der Waals surface area (Å²) in [6, 6.07) is 8.24. The number of hydrogen-bond acceptors (Lipinski definition) is 4. The van der Waals surface area contributed by atoms with E-state index in [-0.39, 0.29) is 6.04 Å². The van der Waals surface area contributed by atoms with E-state index in [2.05, 4.69) is 5.32 Å². The zero-order chi connectivity index (χ0) is 17.0. The highest BCUT2D eigenvalue weighted by atomic mass is 16.4. The quantitative estimate of drug-likeness (QED) is 0.620. The molecule has 1 amide bonds. The molecule has 2 atom stereocenters. The van der Waals surface area contributed by atoms with E-state index < -0.39 is 12.0 Å². The summed E-state index contributed by atoms with van der Waals surface area (Å²) in [5.74, 6) is -0.526. The maximum Gasteiger partial charge on any atom is 0.320 e. The molecule has 1 aromatic carbocycles. The van der Waals surface area contributed by atoms with Crippen molar-refractivity contribution < 1.29 is 19.5 Å². The fourth-order valence-electron chi connectivity index (χ4n) is 1.71. The number of rotatable bonds is 8. The van der Waals surface area contributed by atoms with Crippen molar-refractivity contribution in [2.45, 2.75) is 38.8 Å². The highest BCUT2D eigenvalue weighted by molar-refractivity contribution is 5.73. The van der Waals surface area contributed by atoms with Crippen LogP contribution in [0.25, 0.3) is 0 Å². The molecule has 0 aliphatic heterocycles. The van der Waals surface area contributed by atoms with Crippen molar-refractivity contribution in [3.05, 3.63) is 35.9 Å². The van der Waals surface area contributed by atoms with Crippen molar-refractivity contribution in [2.24, 2.45) is 11.7 Å². The van der Waals surface area contributed by atoms with Crippen molar-refractivity contribution in [3.8, 4) is 0 Å². The minimum absolute atomic E-state index is 0.308. The second kappa shape index (κ2) is 11.4. The number of hydrogen-bond donors (Lipinski definition) is 3. The molecule has 0 aliphatic carbocycles. The van der Waals surface area contributed by atoms with Crippen molar-refractivity contribution in [1.82, 2.24) is 5.32 Å². The zero-order valence-corrected chi connectivity index (χ0v) is 12.9. The van der Waals surface area contributed by atoms with Gasteiger partial charge in [-0.05, 0) is 24.3 Å². The van der Waals surface area contributed by atoms with E-state index in [0.29, 0.717) is 25.2 Å². The molecule has 4 N–H and O–H groups in total. The van der Waals surface area contributed by atoms with E-state index in [1.807, 2.05) is 44.2 Å². The first-order valence-corrected chi connectivity index (χ1v) is 7.08. The summed E-state index contributed by atoms with van der Waals surface area (Å²) in [6.45, 7) is 4.01. The molecule has 0 radical (unpaired) electrons. The first-order chi connectivity index (χ1) is 10.4. The Labute approximate surface area is 130 Å². The number of aldehydes is 1. The Morgan fingerprint density at radius 3 is 2.27 bits per heavy atom. The number of nitrogens with two attached hydrogens (primary N) is 1. The SMILES string of the molecule is CC(C)C[C@@H](C=O)NC=O.NC(Cc1ccccc1)C(=O)O. The predicted octanol–water partition coefficient (Wildman–Crippen LogP) is 0.987. The van der Waals surface area contributed by atoms with Crippen LogP contribution in [0.2, 0.25) is 0 Å². The molecule has 0 bridgehead atoms. The number of aliphatic carboxylic acids is 1. The second-order valence-electron chi connectivity index (χ2n) is 5.29. The maximum atomic E-state index is 10.4. The minimum atomic E-state index is -0.959. The van der Waals surface area contributed by atoms with Gasteiger partial charge in [-0.2, -0.15) is 0 Å². The molecule has 1 unspecified atom stereocenters. The number of benzene rings is 1. The van der Waals surface area contributed by atoms with Gasteiger partial charge in [0.05, 0.1) is 6.04 Å². The fraction of sp³-hybridized carbons (Fsp3) is 0.438. The Hall–Kier alpha value is -2.21. The molecular weight excluding hydrogens is 284 g/mol. The van der Waals surface area contributed by atoms with E-state index in [4.69, 9.17) is 10.8 Å². The van der Waals surface area contributed by atoms with Crippen LogP contribution in [0, 0.1) is 5.92 Å². The first-order valence-electron chi connectivity index (χ1n) is 7.08. The number of amides is 1. The lowest BCUT2D eigenvalue weighted by molar-refractivity contribution is -0.138. The smallest absolute Gasteiger partial charge is 0.320 e. The van der Waals surface area contributed by atoms with Crippen LogP contribution in [-0.2, 0) is 20.8 Å². The molecule has 0 spiro atoms. The topological polar surface area (TPSA) is 109 Å². The monoisotopic (exact) mass is 308 g/mol. The van der Waals surface area contributed by atoms with Crippen molar-refractivity contribution in [2.75, 3.05) is 0 Å². The van der Waals surface area contributed by atoms with Crippen molar-refractivity contribution in [3.63, 3.8) is 0 Å². The molecule has 6 heteroatoms. The van der Waals surface area contributed by atoms with E-state index in [1.165, 1.54) is 0 Å². The molecule has 0 saturated carbocycles. The number of carboxylic acid groups (broad SMARTS) is 1. The molecule has 0 aromatic heterocycles. The van der Waals surface area contributed by atoms with Gasteiger partial charge in [-0.3, -0.25) is 9.59 Å². The second-order valence-corrected chi connectivity index (χ2v) is 5.29. The van der Waals surface area contributed by atoms with Gasteiger partial charge in [0.25, 0.3) is 0 Å². The molecule has 0 aliphatic rings. The van der Waals surface area contributed by atoms with Crippen LogP contribution in [0.15, 0.2) is 30.3 Å². The van der Waals surface area contributed by atoms with Gasteiger partial charge in [0.1, 0.15) is 12.3 Å². The molecule has 1 rings (SSSR count). The summed E-state index contributed by atoms with van der Waals surface area (Å²) < 4.78 is 0. The number of carbonyl (C=O) groups is 3. The average molecular weight is 308 g/mol. The molecule has 0 fully saturated rings. The van der Waals surface area contributed by atoms with E-state index in [1.54, 1.807) is 0 Å². The molecule has 0 saturated heterocycles. The third-order valence-corrected chi connectivity index (χ3v) is 2.79. The van der Waals surface area contributed by atoms with E-state index in [9.17, 15) is 14.4 Å². The summed E-state index contributed by atoms with van der Waals surface area (Å²) in [5, 5.41) is 10.9. The van der Waals surface area contributed by atoms with Crippen LogP contribution in [-0.4, -0.2) is 35.9 Å². The Bertz CT molecular complexity index is 449. The van der Waals surface area contributed by atoms with Gasteiger partial charge in [0, 0.05) is 0 Å². The van der Waals surface area contributed by atoms with Gasteiger partial charge >= 0.3 is 5.97 Å². The van der Waals surface area contributed by atoms with E-state index >= 15 is 0 Å². The highest BCUT2D eigenvalue weighted by Gasteiger charge is 2.11. The number of carbonyl (C=O) groups excluding carboxylic acids is 2. The lowest BCUT2D eigenvalue weighted by Crippen LogP contribution is -2.32. The van der Waals surface area contributed by atoms with Gasteiger partial charge in [0.2, 0.25) is 6.41 Å². The van der Waals surface area contributed by atoms with Crippen LogP contribution in [0.1, 0.15) is 25.8 Å². The van der Waals surface area contributed by atoms with E-state index in [0.717, 1.165) is 11.8 Å². The standard InChI is InChI=1S/C9H11NO2.C7H13NO2/c10-8(9(11)12)6-7-4-2-1-3-5-7;1-6(2)3-7(4-9)8-5-10/h1-5,8H,6,10H2,(H,11,12);4-7H,3H2,1-2H3,(H,8,10)/t;7-/m.0/s1. The van der Waals surface area contributed by atoms with Gasteiger partial charge in [-0.1, -0.05) is 44.2 Å². The Morgan fingerprint density at radius 1 is 1.27 bits per heavy atom. The van der Waals surface area contributed by atoms with Crippen molar-refractivity contribution >= 4 is 18.7 Å². The summed E-state index contributed by atoms with van der Waals surface area (Å²) in [4.78, 5) is 30.5. The lowest BCUT2D eigenvalue weighted by Gasteiger charge is -2.10. The summed E-state index contributed by atoms with van der Waals surface area (Å²) >= 11 is 0. The number of carboxylic acids is 1. The minimum Gasteiger partial charge on any atom is -0.480 e. The zero-order valence-electron chi connectivity index (χ0n) is 12.9. The summed E-state index contributed by atoms with van der Waals surface area (Å²) in [6.07, 6.45) is 2.41. The first kappa shape index (κ1) is 19.8. The van der Waals surface area contributed by atoms with Crippen LogP contribution >= 0.6 is 0 Å². The predicted molar refractivity (Wildman–Crippen MR) is 84.3 cm³/mol. The molecule has 6 nitrogen and oxygen atoms in total. The lowest BCUT2D eigenvalue weighted by atomic mass is 10.1. The average Bonchev–Trinajstić information content (AvgIpc) is 2.48. The fourth-order valence-corrected chi connectivity index (χ4v) is 1.71. The van der Waals surface area contributed by atoms with Gasteiger partial charge in [-0.15, -0.1) is 0 Å². The summed E-state index contributed by atoms with van der Waals surface area (Å²) in [7, 11) is 0. The molecular formula is C16H24N2O4. The normalized spacial score (nSPS) is 12.5. The maximum absolute atomic E-state index is 10.4. The number of nitrogens with one attached hydrogen (secondary N) is 1. The largest absolute Gasteiger partial charge is 0.480 e. The Balaban J connectivity index is 0.000000409. The Morgan fingerprint density at radius 2 is 1.86 bits per heavy atom. The van der Waals surface area contributed by atoms with Crippen LogP contribution < -0.4 is 11.1 Å². The molecule has 22 heavy (non-hydrogen) atoms. The van der Waals surface area contributed by atoms with Crippen LogP contribution in [0.3, 0.4) is 0 Å².